The van der Waals surface area contributed by atoms with E-state index in [0.717, 1.165) is 18.4 Å². The maximum atomic E-state index is 13.5. The molecule has 0 aliphatic carbocycles. The molecule has 8 heteroatoms. The van der Waals surface area contributed by atoms with Crippen LogP contribution in [-0.4, -0.2) is 47.9 Å². The molecule has 4 rings (SSSR count). The maximum Gasteiger partial charge on any atom is 0.254 e. The van der Waals surface area contributed by atoms with Gasteiger partial charge in [0.25, 0.3) is 5.91 Å². The van der Waals surface area contributed by atoms with Crippen molar-refractivity contribution in [1.29, 1.82) is 0 Å². The standard InChI is InChI=1S/C26H26Cl2N2O3S/c1-2-12-29(26(32)18-4-3-5-20(28)15-18)16-25(31)30-13-10-24-22(11-14-34-24)23(30)17-33-21-8-6-19(27)7-9-21/h3-9,11,14-15,23H,2,10,12-13,16-17H2,1H3/t23-/m1/s1. The lowest BCUT2D eigenvalue weighted by Gasteiger charge is -2.37. The second-order valence-corrected chi connectivity index (χ2v) is 10.0. The predicted molar refractivity (Wildman–Crippen MR) is 137 cm³/mol. The van der Waals surface area contributed by atoms with Crippen molar-refractivity contribution in [3.05, 3.63) is 86.0 Å². The van der Waals surface area contributed by atoms with Crippen molar-refractivity contribution in [2.45, 2.75) is 25.8 Å². The SMILES string of the molecule is CCCN(CC(=O)N1CCc2sccc2[C@H]1COc1ccc(Cl)cc1)C(=O)c1cccc(Cl)c1. The van der Waals surface area contributed by atoms with Gasteiger partial charge in [-0.15, -0.1) is 11.3 Å². The van der Waals surface area contributed by atoms with Crippen LogP contribution >= 0.6 is 34.5 Å². The van der Waals surface area contributed by atoms with Gasteiger partial charge in [0.2, 0.25) is 5.91 Å². The minimum atomic E-state index is -0.220. The van der Waals surface area contributed by atoms with Crippen LogP contribution in [0.4, 0.5) is 0 Å². The molecule has 1 aliphatic heterocycles. The first kappa shape index (κ1) is 24.6. The number of amides is 2. The number of nitrogens with zero attached hydrogens (tertiary/aromatic N) is 2. The van der Waals surface area contributed by atoms with Crippen molar-refractivity contribution in [2.24, 2.45) is 0 Å². The van der Waals surface area contributed by atoms with E-state index < -0.39 is 0 Å². The number of carbonyl (C=O) groups excluding carboxylic acids is 2. The molecule has 1 atom stereocenters. The molecule has 0 saturated heterocycles. The van der Waals surface area contributed by atoms with E-state index in [9.17, 15) is 9.59 Å². The Bertz CT molecular complexity index is 1150. The van der Waals surface area contributed by atoms with Crippen molar-refractivity contribution >= 4 is 46.4 Å². The lowest BCUT2D eigenvalue weighted by molar-refractivity contribution is -0.135. The summed E-state index contributed by atoms with van der Waals surface area (Å²) >= 11 is 13.8. The molecule has 1 aliphatic rings. The van der Waals surface area contributed by atoms with Crippen molar-refractivity contribution < 1.29 is 14.3 Å². The van der Waals surface area contributed by atoms with Crippen LogP contribution in [0.3, 0.4) is 0 Å². The topological polar surface area (TPSA) is 49.9 Å². The van der Waals surface area contributed by atoms with E-state index in [0.29, 0.717) is 41.1 Å². The van der Waals surface area contributed by atoms with Crippen LogP contribution in [0.2, 0.25) is 10.0 Å². The summed E-state index contributed by atoms with van der Waals surface area (Å²) in [6.07, 6.45) is 1.55. The monoisotopic (exact) mass is 516 g/mol. The highest BCUT2D eigenvalue weighted by Crippen LogP contribution is 2.34. The number of fused-ring (bicyclic) bond motifs is 1. The van der Waals surface area contributed by atoms with E-state index in [1.54, 1.807) is 52.6 Å². The molecule has 0 N–H and O–H groups in total. The highest BCUT2D eigenvalue weighted by Gasteiger charge is 2.33. The van der Waals surface area contributed by atoms with E-state index in [2.05, 4.69) is 11.4 Å². The molecule has 2 heterocycles. The number of hydrogen-bond acceptors (Lipinski definition) is 4. The Kier molecular flexibility index (Phi) is 8.14. The summed E-state index contributed by atoms with van der Waals surface area (Å²) in [5, 5.41) is 3.19. The third kappa shape index (κ3) is 5.74. The molecule has 5 nitrogen and oxygen atoms in total. The van der Waals surface area contributed by atoms with Gasteiger partial charge in [-0.25, -0.2) is 0 Å². The summed E-state index contributed by atoms with van der Waals surface area (Å²) in [6, 6.07) is 15.9. The molecule has 0 saturated carbocycles. The summed E-state index contributed by atoms with van der Waals surface area (Å²) < 4.78 is 6.05. The van der Waals surface area contributed by atoms with Crippen molar-refractivity contribution in [3.63, 3.8) is 0 Å². The quantitative estimate of drug-likeness (QED) is 0.362. The van der Waals surface area contributed by atoms with E-state index in [-0.39, 0.29) is 24.4 Å². The van der Waals surface area contributed by atoms with Gasteiger partial charge in [0.05, 0.1) is 6.04 Å². The molecule has 1 aromatic heterocycles. The first-order valence-corrected chi connectivity index (χ1v) is 12.9. The average Bonchev–Trinajstić information content (AvgIpc) is 3.32. The summed E-state index contributed by atoms with van der Waals surface area (Å²) in [4.78, 5) is 31.4. The zero-order valence-electron chi connectivity index (χ0n) is 18.9. The van der Waals surface area contributed by atoms with Crippen molar-refractivity contribution in [3.8, 4) is 5.75 Å². The second kappa shape index (κ2) is 11.3. The van der Waals surface area contributed by atoms with E-state index >= 15 is 0 Å². The molecule has 2 amide bonds. The lowest BCUT2D eigenvalue weighted by Crippen LogP contribution is -2.48. The normalized spacial score (nSPS) is 15.0. The van der Waals surface area contributed by atoms with Crippen molar-refractivity contribution in [2.75, 3.05) is 26.2 Å². The number of hydrogen-bond donors (Lipinski definition) is 0. The van der Waals surface area contributed by atoms with Gasteiger partial charge in [-0.05, 0) is 72.3 Å². The highest BCUT2D eigenvalue weighted by atomic mass is 35.5. The Morgan fingerprint density at radius 2 is 1.91 bits per heavy atom. The van der Waals surface area contributed by atoms with Crippen LogP contribution in [0.15, 0.2) is 60.0 Å². The maximum absolute atomic E-state index is 13.5. The van der Waals surface area contributed by atoms with E-state index in [1.807, 2.05) is 24.0 Å². The fraction of sp³-hybridized carbons (Fsp3) is 0.308. The number of benzene rings is 2. The minimum Gasteiger partial charge on any atom is -0.491 e. The van der Waals surface area contributed by atoms with Crippen LogP contribution in [0.1, 0.15) is 40.2 Å². The zero-order valence-corrected chi connectivity index (χ0v) is 21.2. The van der Waals surface area contributed by atoms with E-state index in [4.69, 9.17) is 27.9 Å². The van der Waals surface area contributed by atoms with Gasteiger partial charge in [-0.1, -0.05) is 36.2 Å². The Balaban J connectivity index is 1.51. The van der Waals surface area contributed by atoms with Gasteiger partial charge >= 0.3 is 0 Å². The van der Waals surface area contributed by atoms with Crippen LogP contribution < -0.4 is 4.74 Å². The third-order valence-corrected chi connectivity index (χ3v) is 7.30. The smallest absolute Gasteiger partial charge is 0.254 e. The largest absolute Gasteiger partial charge is 0.491 e. The molecule has 0 unspecified atom stereocenters. The highest BCUT2D eigenvalue weighted by molar-refractivity contribution is 7.10. The van der Waals surface area contributed by atoms with Gasteiger partial charge in [-0.3, -0.25) is 9.59 Å². The Hall–Kier alpha value is -2.54. The predicted octanol–water partition coefficient (Wildman–Crippen LogP) is 6.11. The van der Waals surface area contributed by atoms with E-state index in [1.165, 1.54) is 4.88 Å². The molecule has 0 bridgehead atoms. The summed E-state index contributed by atoms with van der Waals surface area (Å²) in [5.41, 5.74) is 1.59. The number of rotatable bonds is 8. The minimum absolute atomic E-state index is 0.0100. The fourth-order valence-corrected chi connectivity index (χ4v) is 5.41. The van der Waals surface area contributed by atoms with Gasteiger partial charge < -0.3 is 14.5 Å². The Morgan fingerprint density at radius 1 is 1.12 bits per heavy atom. The van der Waals surface area contributed by atoms with Gasteiger partial charge in [0.15, 0.2) is 0 Å². The molecule has 0 radical (unpaired) electrons. The second-order valence-electron chi connectivity index (χ2n) is 8.15. The van der Waals surface area contributed by atoms with Gasteiger partial charge in [0, 0.05) is 33.6 Å². The molecule has 2 aromatic carbocycles. The lowest BCUT2D eigenvalue weighted by atomic mass is 10.0. The van der Waals surface area contributed by atoms with Crippen LogP contribution in [0.5, 0.6) is 5.75 Å². The summed E-state index contributed by atoms with van der Waals surface area (Å²) in [6.45, 7) is 3.40. The molecule has 34 heavy (non-hydrogen) atoms. The zero-order chi connectivity index (χ0) is 24.1. The number of halogens is 2. The Morgan fingerprint density at radius 3 is 2.65 bits per heavy atom. The molecule has 178 valence electrons. The summed E-state index contributed by atoms with van der Waals surface area (Å²) in [7, 11) is 0. The van der Waals surface area contributed by atoms with Crippen LogP contribution in [0, 0.1) is 0 Å². The molecular weight excluding hydrogens is 491 g/mol. The third-order valence-electron chi connectivity index (χ3n) is 5.82. The molecule has 0 fully saturated rings. The average molecular weight is 517 g/mol. The van der Waals surface area contributed by atoms with Gasteiger partial charge in [-0.2, -0.15) is 0 Å². The van der Waals surface area contributed by atoms with Crippen LogP contribution in [0.25, 0.3) is 0 Å². The van der Waals surface area contributed by atoms with Crippen molar-refractivity contribution in [1.82, 2.24) is 9.80 Å². The molecule has 0 spiro atoms. The fourth-order valence-electron chi connectivity index (χ4n) is 4.16. The Labute approximate surface area is 213 Å². The van der Waals surface area contributed by atoms with Crippen LogP contribution in [-0.2, 0) is 11.2 Å². The first-order valence-electron chi connectivity index (χ1n) is 11.2. The number of carbonyl (C=O) groups is 2. The summed E-state index contributed by atoms with van der Waals surface area (Å²) in [5.74, 6) is 0.410. The molecule has 3 aromatic rings. The number of ether oxygens (including phenoxy) is 1. The molecular formula is C26H26Cl2N2O3S. The number of thiophene rings is 1. The van der Waals surface area contributed by atoms with Gasteiger partial charge in [0.1, 0.15) is 18.9 Å². The first-order chi connectivity index (χ1) is 16.5.